The summed E-state index contributed by atoms with van der Waals surface area (Å²) in [5.41, 5.74) is 0.735. The second kappa shape index (κ2) is 9.72. The Labute approximate surface area is 191 Å². The second-order valence-corrected chi connectivity index (χ2v) is 8.02. The minimum atomic E-state index is -0.362. The number of morpholine rings is 1. The largest absolute Gasteiger partial charge is 0.494 e. The maximum atomic E-state index is 14.0. The monoisotopic (exact) mass is 454 g/mol. The van der Waals surface area contributed by atoms with Gasteiger partial charge in [-0.1, -0.05) is 12.1 Å². The molecule has 0 aliphatic carbocycles. The number of benzene rings is 1. The highest BCUT2D eigenvalue weighted by atomic mass is 19.1. The molecule has 2 aliphatic heterocycles. The van der Waals surface area contributed by atoms with Crippen molar-refractivity contribution in [2.75, 3.05) is 69.5 Å². The first-order valence-electron chi connectivity index (χ1n) is 11.1. The summed E-state index contributed by atoms with van der Waals surface area (Å²) in [6, 6.07) is 6.45. The summed E-state index contributed by atoms with van der Waals surface area (Å²) in [6.07, 6.45) is 3.43. The molecule has 1 N–H and O–H groups in total. The standard InChI is InChI=1S/C23H27FN6O3/c1-31-20-13-25-12-18-21(20)22(28-23(27-18)29-8-10-32-11-9-29)30-7-6-26-16(14-30)15-33-19-5-3-2-4-17(19)24/h2-5,12-13,16,26H,6-11,14-15H2,1H3/t16-/m1/s1. The van der Waals surface area contributed by atoms with Crippen molar-refractivity contribution in [3.8, 4) is 11.5 Å². The molecule has 33 heavy (non-hydrogen) atoms. The molecule has 0 saturated carbocycles. The summed E-state index contributed by atoms with van der Waals surface area (Å²) in [5, 5.41) is 4.29. The van der Waals surface area contributed by atoms with Crippen LogP contribution in [0, 0.1) is 5.82 Å². The number of para-hydroxylation sites is 1. The Morgan fingerprint density at radius 1 is 1.09 bits per heavy atom. The van der Waals surface area contributed by atoms with Gasteiger partial charge in [-0.05, 0) is 12.1 Å². The summed E-state index contributed by atoms with van der Waals surface area (Å²) >= 11 is 0. The normalized spacial score (nSPS) is 19.0. The Hall–Kier alpha value is -3.24. The first-order valence-corrected chi connectivity index (χ1v) is 11.1. The molecule has 0 spiro atoms. The van der Waals surface area contributed by atoms with E-state index < -0.39 is 0 Å². The van der Waals surface area contributed by atoms with Gasteiger partial charge in [-0.2, -0.15) is 4.98 Å². The van der Waals surface area contributed by atoms with Gasteiger partial charge in [0.1, 0.15) is 23.7 Å². The summed E-state index contributed by atoms with van der Waals surface area (Å²) in [7, 11) is 1.62. The first kappa shape index (κ1) is 21.6. The van der Waals surface area contributed by atoms with Gasteiger partial charge in [0.2, 0.25) is 5.95 Å². The van der Waals surface area contributed by atoms with E-state index in [0.717, 1.165) is 42.9 Å². The van der Waals surface area contributed by atoms with E-state index in [4.69, 9.17) is 24.2 Å². The van der Waals surface area contributed by atoms with Gasteiger partial charge in [0.25, 0.3) is 0 Å². The Bertz CT molecular complexity index is 1110. The molecule has 3 aromatic rings. The quantitative estimate of drug-likeness (QED) is 0.600. The third-order valence-corrected chi connectivity index (χ3v) is 5.89. The van der Waals surface area contributed by atoms with Gasteiger partial charge in [0.15, 0.2) is 11.6 Å². The van der Waals surface area contributed by atoms with Crippen LogP contribution in [0.15, 0.2) is 36.7 Å². The van der Waals surface area contributed by atoms with E-state index >= 15 is 0 Å². The van der Waals surface area contributed by atoms with Crippen molar-refractivity contribution in [1.82, 2.24) is 20.3 Å². The van der Waals surface area contributed by atoms with Crippen molar-refractivity contribution in [3.63, 3.8) is 0 Å². The topological polar surface area (TPSA) is 84.9 Å². The smallest absolute Gasteiger partial charge is 0.228 e. The third-order valence-electron chi connectivity index (χ3n) is 5.89. The van der Waals surface area contributed by atoms with E-state index in [1.54, 1.807) is 37.7 Å². The molecule has 2 fully saturated rings. The average Bonchev–Trinajstić information content (AvgIpc) is 2.88. The zero-order chi connectivity index (χ0) is 22.6. The van der Waals surface area contributed by atoms with Crippen LogP contribution in [0.2, 0.25) is 0 Å². The van der Waals surface area contributed by atoms with Crippen LogP contribution >= 0.6 is 0 Å². The SMILES string of the molecule is COc1cncc2nc(N3CCOCC3)nc(N3CCN[C@@H](COc4ccccc4F)C3)c12. The Morgan fingerprint density at radius 2 is 1.94 bits per heavy atom. The van der Waals surface area contributed by atoms with Crippen molar-refractivity contribution >= 4 is 22.7 Å². The second-order valence-electron chi connectivity index (χ2n) is 8.02. The third kappa shape index (κ3) is 4.62. The Balaban J connectivity index is 1.43. The number of hydrogen-bond acceptors (Lipinski definition) is 9. The number of methoxy groups -OCH3 is 1. The molecule has 2 aromatic heterocycles. The molecule has 0 amide bonds. The van der Waals surface area contributed by atoms with Crippen LogP contribution in [-0.2, 0) is 4.74 Å². The van der Waals surface area contributed by atoms with E-state index in [0.29, 0.717) is 38.1 Å². The fourth-order valence-electron chi connectivity index (χ4n) is 4.19. The zero-order valence-corrected chi connectivity index (χ0v) is 18.5. The molecule has 9 nitrogen and oxygen atoms in total. The lowest BCUT2D eigenvalue weighted by Crippen LogP contribution is -2.53. The van der Waals surface area contributed by atoms with Crippen LogP contribution in [0.1, 0.15) is 0 Å². The fraction of sp³-hybridized carbons (Fsp3) is 0.435. The lowest BCUT2D eigenvalue weighted by atomic mass is 10.2. The highest BCUT2D eigenvalue weighted by molar-refractivity contribution is 5.95. The van der Waals surface area contributed by atoms with Crippen LogP contribution in [0.5, 0.6) is 11.5 Å². The molecular formula is C23H27FN6O3. The number of nitrogens with zero attached hydrogens (tertiary/aromatic N) is 5. The predicted octanol–water partition coefficient (Wildman–Crippen LogP) is 1.87. The van der Waals surface area contributed by atoms with Crippen molar-refractivity contribution in [2.24, 2.45) is 0 Å². The number of pyridine rings is 1. The molecule has 174 valence electrons. The number of fused-ring (bicyclic) bond motifs is 1. The predicted molar refractivity (Wildman–Crippen MR) is 123 cm³/mol. The fourth-order valence-corrected chi connectivity index (χ4v) is 4.19. The van der Waals surface area contributed by atoms with E-state index in [2.05, 4.69) is 20.1 Å². The zero-order valence-electron chi connectivity index (χ0n) is 18.5. The number of halogens is 1. The molecular weight excluding hydrogens is 427 g/mol. The maximum Gasteiger partial charge on any atom is 0.228 e. The van der Waals surface area contributed by atoms with Crippen LogP contribution in [0.3, 0.4) is 0 Å². The summed E-state index contributed by atoms with van der Waals surface area (Å²) in [5.74, 6) is 1.99. The molecule has 10 heteroatoms. The number of piperazine rings is 1. The molecule has 0 radical (unpaired) electrons. The van der Waals surface area contributed by atoms with Gasteiger partial charge in [0.05, 0.1) is 44.1 Å². The molecule has 0 unspecified atom stereocenters. The number of anilines is 2. The van der Waals surface area contributed by atoms with Gasteiger partial charge in [-0.15, -0.1) is 0 Å². The van der Waals surface area contributed by atoms with Crippen molar-refractivity contribution in [2.45, 2.75) is 6.04 Å². The molecule has 0 bridgehead atoms. The highest BCUT2D eigenvalue weighted by Crippen LogP contribution is 2.34. The van der Waals surface area contributed by atoms with Gasteiger partial charge >= 0.3 is 0 Å². The van der Waals surface area contributed by atoms with Gasteiger partial charge in [0, 0.05) is 32.7 Å². The maximum absolute atomic E-state index is 14.0. The van der Waals surface area contributed by atoms with Gasteiger partial charge in [-0.3, -0.25) is 4.98 Å². The Kier molecular flexibility index (Phi) is 6.36. The molecule has 1 atom stereocenters. The molecule has 4 heterocycles. The number of hydrogen-bond donors (Lipinski definition) is 1. The number of nitrogens with one attached hydrogen (secondary N) is 1. The minimum absolute atomic E-state index is 0.00282. The van der Waals surface area contributed by atoms with Crippen molar-refractivity contribution in [3.05, 3.63) is 42.5 Å². The van der Waals surface area contributed by atoms with Gasteiger partial charge < -0.3 is 29.3 Å². The number of aromatic nitrogens is 3. The summed E-state index contributed by atoms with van der Waals surface area (Å²) < 4.78 is 30.8. The summed E-state index contributed by atoms with van der Waals surface area (Å²) in [4.78, 5) is 18.4. The van der Waals surface area contributed by atoms with E-state index in [1.165, 1.54) is 6.07 Å². The molecule has 2 aliphatic rings. The van der Waals surface area contributed by atoms with E-state index in [-0.39, 0.29) is 17.6 Å². The highest BCUT2D eigenvalue weighted by Gasteiger charge is 2.26. The van der Waals surface area contributed by atoms with E-state index in [1.807, 2.05) is 0 Å². The first-order chi connectivity index (χ1) is 16.2. The number of ether oxygens (including phenoxy) is 3. The van der Waals surface area contributed by atoms with Gasteiger partial charge in [-0.25, -0.2) is 9.37 Å². The molecule has 2 saturated heterocycles. The van der Waals surface area contributed by atoms with E-state index in [9.17, 15) is 4.39 Å². The average molecular weight is 455 g/mol. The van der Waals surface area contributed by atoms with Crippen LogP contribution in [0.4, 0.5) is 16.2 Å². The lowest BCUT2D eigenvalue weighted by molar-refractivity contribution is 0.122. The van der Waals surface area contributed by atoms with Crippen LogP contribution in [0.25, 0.3) is 10.9 Å². The van der Waals surface area contributed by atoms with Crippen LogP contribution in [-0.4, -0.2) is 80.6 Å². The number of rotatable bonds is 6. The Morgan fingerprint density at radius 3 is 2.76 bits per heavy atom. The van der Waals surface area contributed by atoms with Crippen molar-refractivity contribution in [1.29, 1.82) is 0 Å². The minimum Gasteiger partial charge on any atom is -0.494 e. The molecule has 1 aromatic carbocycles. The van der Waals surface area contributed by atoms with Crippen molar-refractivity contribution < 1.29 is 18.6 Å². The lowest BCUT2D eigenvalue weighted by Gasteiger charge is -2.35. The van der Waals surface area contributed by atoms with Crippen LogP contribution < -0.4 is 24.6 Å². The molecule has 5 rings (SSSR count). The summed E-state index contributed by atoms with van der Waals surface area (Å²) in [6.45, 7) is 5.27.